The minimum Gasteiger partial charge on any atom is -0.423 e. The van der Waals surface area contributed by atoms with Crippen LogP contribution in [0.3, 0.4) is 0 Å². The molecule has 2 aliphatic heterocycles. The number of nitrogens with one attached hydrogen (secondary N) is 1. The molecule has 1 aromatic carbocycles. The zero-order valence-corrected chi connectivity index (χ0v) is 24.0. The van der Waals surface area contributed by atoms with Gasteiger partial charge in [-0.05, 0) is 58.6 Å². The van der Waals surface area contributed by atoms with E-state index in [1.54, 1.807) is 36.1 Å². The number of amides is 1. The third-order valence-corrected chi connectivity index (χ3v) is 7.43. The van der Waals surface area contributed by atoms with Crippen LogP contribution in [0.1, 0.15) is 85.9 Å². The van der Waals surface area contributed by atoms with Crippen molar-refractivity contribution in [2.45, 2.75) is 71.3 Å². The number of benzene rings is 1. The number of carbonyl (C=O) groups is 3. The van der Waals surface area contributed by atoms with Crippen LogP contribution in [-0.4, -0.2) is 47.1 Å². The SMILES string of the molecule is Cc1c2c(F)c(C(=O)Nc3cccc(-c4nncn4C(C)C)n3)c(c1-n1cnc(C3CC3)c1)OC(=O)CCCCC(=O)O2. The summed E-state index contributed by atoms with van der Waals surface area (Å²) in [6.07, 6.45) is 7.51. The Morgan fingerprint density at radius 3 is 2.49 bits per heavy atom. The maximum atomic E-state index is 16.3. The Morgan fingerprint density at radius 2 is 1.79 bits per heavy atom. The van der Waals surface area contributed by atoms with Gasteiger partial charge in [-0.3, -0.25) is 14.4 Å². The molecule has 0 spiro atoms. The lowest BCUT2D eigenvalue weighted by molar-refractivity contribution is -0.137. The predicted octanol–water partition coefficient (Wildman–Crippen LogP) is 5.07. The first-order valence-electron chi connectivity index (χ1n) is 14.2. The van der Waals surface area contributed by atoms with E-state index in [-0.39, 0.29) is 41.7 Å². The molecule has 1 saturated carbocycles. The standard InChI is InChI=1S/C30H30FN7O5/c1-16(2)38-15-33-36-29(38)19-7-6-8-21(34-19)35-30(41)24-25(31)27-17(3)26(37-13-20(32-14-37)18-11-12-18)28(24)43-23(40)10-5-4-9-22(39)42-27/h6-8,13-16,18H,4-5,9-12H2,1-3H3,(H,34,35,41). The number of rotatable bonds is 6. The number of halogens is 1. The van der Waals surface area contributed by atoms with Crippen LogP contribution < -0.4 is 14.8 Å². The van der Waals surface area contributed by atoms with Gasteiger partial charge >= 0.3 is 11.9 Å². The van der Waals surface area contributed by atoms with Crippen molar-refractivity contribution in [3.63, 3.8) is 0 Å². The second-order valence-electron chi connectivity index (χ2n) is 11.0. The Hall–Kier alpha value is -4.94. The summed E-state index contributed by atoms with van der Waals surface area (Å²) in [7, 11) is 0. The number of fused-ring (bicyclic) bond motifs is 9. The van der Waals surface area contributed by atoms with Crippen molar-refractivity contribution < 1.29 is 28.2 Å². The summed E-state index contributed by atoms with van der Waals surface area (Å²) < 4.78 is 30.9. The number of anilines is 1. The average molecular weight is 588 g/mol. The lowest BCUT2D eigenvalue weighted by Crippen LogP contribution is -2.23. The van der Waals surface area contributed by atoms with E-state index >= 15 is 4.39 Å². The smallest absolute Gasteiger partial charge is 0.311 e. The Kier molecular flexibility index (Phi) is 7.46. The summed E-state index contributed by atoms with van der Waals surface area (Å²) in [5, 5.41) is 10.7. The molecule has 5 heterocycles. The Labute approximate surface area is 246 Å². The van der Waals surface area contributed by atoms with Crippen LogP contribution in [-0.2, 0) is 9.59 Å². The number of pyridine rings is 1. The van der Waals surface area contributed by atoms with E-state index < -0.39 is 35.0 Å². The summed E-state index contributed by atoms with van der Waals surface area (Å²) >= 11 is 0. The first-order valence-corrected chi connectivity index (χ1v) is 14.2. The van der Waals surface area contributed by atoms with Gasteiger partial charge in [-0.1, -0.05) is 6.07 Å². The fraction of sp³-hybridized carbons (Fsp3) is 0.367. The zero-order chi connectivity index (χ0) is 30.2. The average Bonchev–Trinajstić information content (AvgIpc) is 3.48. The monoisotopic (exact) mass is 587 g/mol. The van der Waals surface area contributed by atoms with Gasteiger partial charge in [0.25, 0.3) is 5.91 Å². The van der Waals surface area contributed by atoms with E-state index in [0.29, 0.717) is 30.3 Å². The fourth-order valence-electron chi connectivity index (χ4n) is 5.04. The summed E-state index contributed by atoms with van der Waals surface area (Å²) in [5.74, 6) is -3.24. The maximum absolute atomic E-state index is 16.3. The largest absolute Gasteiger partial charge is 0.423 e. The Balaban J connectivity index is 1.47. The third kappa shape index (κ3) is 5.62. The molecule has 0 saturated heterocycles. The van der Waals surface area contributed by atoms with Gasteiger partial charge in [0.15, 0.2) is 23.1 Å². The van der Waals surface area contributed by atoms with Crippen LogP contribution in [0.2, 0.25) is 0 Å². The number of hydrogen-bond acceptors (Lipinski definition) is 9. The molecule has 222 valence electrons. The molecular weight excluding hydrogens is 557 g/mol. The van der Waals surface area contributed by atoms with E-state index in [1.165, 1.54) is 12.4 Å². The molecule has 0 atom stereocenters. The molecule has 12 nitrogen and oxygen atoms in total. The molecule has 3 aliphatic rings. The predicted molar refractivity (Wildman–Crippen MR) is 152 cm³/mol. The number of esters is 2. The van der Waals surface area contributed by atoms with E-state index in [9.17, 15) is 14.4 Å². The number of imidazole rings is 1. The van der Waals surface area contributed by atoms with Crippen molar-refractivity contribution in [1.29, 1.82) is 0 Å². The maximum Gasteiger partial charge on any atom is 0.311 e. The van der Waals surface area contributed by atoms with Gasteiger partial charge in [0, 0.05) is 36.6 Å². The van der Waals surface area contributed by atoms with Crippen LogP contribution >= 0.6 is 0 Å². The minimum atomic E-state index is -1.13. The zero-order valence-electron chi connectivity index (χ0n) is 24.0. The number of carbonyl (C=O) groups excluding carboxylic acids is 3. The molecule has 1 fully saturated rings. The molecule has 2 bridgehead atoms. The Morgan fingerprint density at radius 1 is 1.07 bits per heavy atom. The highest BCUT2D eigenvalue weighted by Crippen LogP contribution is 2.43. The fourth-order valence-corrected chi connectivity index (χ4v) is 5.04. The van der Waals surface area contributed by atoms with E-state index in [1.807, 2.05) is 18.4 Å². The van der Waals surface area contributed by atoms with Gasteiger partial charge in [0.2, 0.25) is 0 Å². The van der Waals surface area contributed by atoms with Gasteiger partial charge in [0.05, 0.1) is 17.7 Å². The van der Waals surface area contributed by atoms with Crippen molar-refractivity contribution in [3.8, 4) is 28.7 Å². The normalized spacial score (nSPS) is 15.6. The van der Waals surface area contributed by atoms with Crippen molar-refractivity contribution in [2.24, 2.45) is 0 Å². The minimum absolute atomic E-state index is 0.0284. The highest BCUT2D eigenvalue weighted by molar-refractivity contribution is 6.08. The second kappa shape index (κ2) is 11.4. The van der Waals surface area contributed by atoms with Crippen LogP contribution in [0, 0.1) is 12.7 Å². The lowest BCUT2D eigenvalue weighted by Gasteiger charge is -2.21. The van der Waals surface area contributed by atoms with Crippen LogP contribution in [0.4, 0.5) is 10.2 Å². The topological polar surface area (TPSA) is 143 Å². The summed E-state index contributed by atoms with van der Waals surface area (Å²) in [4.78, 5) is 48.5. The molecule has 0 unspecified atom stereocenters. The third-order valence-electron chi connectivity index (χ3n) is 7.43. The number of aromatic nitrogens is 6. The highest BCUT2D eigenvalue weighted by Gasteiger charge is 2.34. The van der Waals surface area contributed by atoms with Crippen molar-refractivity contribution in [2.75, 3.05) is 5.32 Å². The number of hydrogen-bond donors (Lipinski definition) is 1. The molecule has 43 heavy (non-hydrogen) atoms. The van der Waals surface area contributed by atoms with Gasteiger partial charge in [-0.15, -0.1) is 10.2 Å². The molecule has 1 aliphatic carbocycles. The summed E-state index contributed by atoms with van der Waals surface area (Å²) in [5.41, 5.74) is 1.01. The summed E-state index contributed by atoms with van der Waals surface area (Å²) in [6, 6.07) is 4.97. The second-order valence-corrected chi connectivity index (χ2v) is 11.0. The molecule has 1 N–H and O–H groups in total. The molecule has 13 heteroatoms. The molecule has 3 aromatic heterocycles. The molecule has 1 amide bonds. The van der Waals surface area contributed by atoms with E-state index in [4.69, 9.17) is 9.47 Å². The highest BCUT2D eigenvalue weighted by atomic mass is 19.1. The van der Waals surface area contributed by atoms with Gasteiger partial charge in [0.1, 0.15) is 23.4 Å². The number of nitrogens with zero attached hydrogens (tertiary/aromatic N) is 6. The van der Waals surface area contributed by atoms with Gasteiger partial charge in [-0.25, -0.2) is 14.4 Å². The molecular formula is C30H30FN7O5. The van der Waals surface area contributed by atoms with Crippen molar-refractivity contribution >= 4 is 23.7 Å². The Bertz CT molecular complexity index is 1740. The van der Waals surface area contributed by atoms with Crippen LogP contribution in [0.15, 0.2) is 37.1 Å². The quantitative estimate of drug-likeness (QED) is 0.242. The van der Waals surface area contributed by atoms with Crippen molar-refractivity contribution in [3.05, 3.63) is 59.7 Å². The van der Waals surface area contributed by atoms with E-state index in [2.05, 4.69) is 25.5 Å². The van der Waals surface area contributed by atoms with Crippen LogP contribution in [0.5, 0.6) is 11.5 Å². The van der Waals surface area contributed by atoms with Gasteiger partial charge < -0.3 is 23.9 Å². The van der Waals surface area contributed by atoms with E-state index in [0.717, 1.165) is 18.5 Å². The number of ether oxygens (including phenoxy) is 2. The first kappa shape index (κ1) is 28.2. The molecule has 4 aromatic rings. The lowest BCUT2D eigenvalue weighted by atomic mass is 10.0. The van der Waals surface area contributed by atoms with Gasteiger partial charge in [-0.2, -0.15) is 0 Å². The molecule has 7 rings (SSSR count). The molecule has 0 radical (unpaired) electrons. The summed E-state index contributed by atoms with van der Waals surface area (Å²) in [6.45, 7) is 5.48. The van der Waals surface area contributed by atoms with Crippen LogP contribution in [0.25, 0.3) is 17.2 Å². The first-order chi connectivity index (χ1) is 20.7. The van der Waals surface area contributed by atoms with Crippen molar-refractivity contribution in [1.82, 2.24) is 29.3 Å².